The number of nitro benzene ring substituents is 1. The summed E-state index contributed by atoms with van der Waals surface area (Å²) < 4.78 is 10.2. The van der Waals surface area contributed by atoms with Crippen molar-refractivity contribution in [3.63, 3.8) is 0 Å². The van der Waals surface area contributed by atoms with E-state index in [0.717, 1.165) is 5.56 Å². The summed E-state index contributed by atoms with van der Waals surface area (Å²) >= 11 is 0. The topological polar surface area (TPSA) is 78.7 Å². The summed E-state index contributed by atoms with van der Waals surface area (Å²) in [5.41, 5.74) is 1.39. The van der Waals surface area contributed by atoms with E-state index in [2.05, 4.69) is 0 Å². The van der Waals surface area contributed by atoms with Crippen molar-refractivity contribution in [3.8, 4) is 16.9 Å². The summed E-state index contributed by atoms with van der Waals surface area (Å²) in [6.45, 7) is 0. The first-order valence-corrected chi connectivity index (χ1v) is 6.53. The zero-order valence-electron chi connectivity index (χ0n) is 11.3. The zero-order valence-corrected chi connectivity index (χ0v) is 11.3. The van der Waals surface area contributed by atoms with Crippen LogP contribution in [0.5, 0.6) is 5.75 Å². The van der Waals surface area contributed by atoms with E-state index >= 15 is 0 Å². The lowest BCUT2D eigenvalue weighted by Gasteiger charge is -2.12. The highest BCUT2D eigenvalue weighted by Crippen LogP contribution is 2.33. The number of rotatable bonds is 4. The van der Waals surface area contributed by atoms with E-state index in [4.69, 9.17) is 9.47 Å². The highest BCUT2D eigenvalue weighted by molar-refractivity contribution is 5.84. The van der Waals surface area contributed by atoms with Crippen LogP contribution in [0.1, 0.15) is 0 Å². The van der Waals surface area contributed by atoms with Crippen LogP contribution in [0.3, 0.4) is 0 Å². The lowest BCUT2D eigenvalue weighted by Crippen LogP contribution is -2.16. The Balaban J connectivity index is 1.92. The van der Waals surface area contributed by atoms with Crippen LogP contribution in [-0.2, 0) is 9.53 Å². The maximum absolute atomic E-state index is 11.2. The molecule has 22 heavy (non-hydrogen) atoms. The summed E-state index contributed by atoms with van der Waals surface area (Å²) in [5.74, 6) is -0.484. The van der Waals surface area contributed by atoms with Crippen molar-refractivity contribution in [3.05, 3.63) is 70.8 Å². The van der Waals surface area contributed by atoms with Gasteiger partial charge in [0.25, 0.3) is 6.29 Å². The molecule has 0 saturated carbocycles. The Morgan fingerprint density at radius 1 is 1.09 bits per heavy atom. The second kappa shape index (κ2) is 5.69. The van der Waals surface area contributed by atoms with Crippen LogP contribution in [-0.4, -0.2) is 17.2 Å². The molecular weight excluding hydrogens is 286 g/mol. The van der Waals surface area contributed by atoms with Crippen LogP contribution in [0, 0.1) is 10.1 Å². The molecule has 1 atom stereocenters. The lowest BCUT2D eigenvalue weighted by atomic mass is 10.0. The smallest absolute Gasteiger partial charge is 0.334 e. The van der Waals surface area contributed by atoms with Crippen molar-refractivity contribution < 1.29 is 19.2 Å². The number of esters is 1. The van der Waals surface area contributed by atoms with Crippen molar-refractivity contribution in [1.29, 1.82) is 0 Å². The molecule has 0 amide bonds. The Labute approximate surface area is 125 Å². The Bertz CT molecular complexity index is 754. The van der Waals surface area contributed by atoms with Crippen molar-refractivity contribution in [2.45, 2.75) is 6.29 Å². The minimum absolute atomic E-state index is 0.0500. The molecule has 6 nitrogen and oxygen atoms in total. The number of nitro groups is 1. The van der Waals surface area contributed by atoms with Gasteiger partial charge in [-0.25, -0.2) is 4.79 Å². The van der Waals surface area contributed by atoms with Crippen molar-refractivity contribution in [1.82, 2.24) is 0 Å². The number of carbonyl (C=O) groups is 1. The fourth-order valence-electron chi connectivity index (χ4n) is 2.11. The Morgan fingerprint density at radius 2 is 1.86 bits per heavy atom. The second-order valence-electron chi connectivity index (χ2n) is 4.59. The molecule has 1 aliphatic heterocycles. The highest BCUT2D eigenvalue weighted by atomic mass is 16.7. The zero-order chi connectivity index (χ0) is 15.5. The molecule has 1 aliphatic rings. The molecule has 0 spiro atoms. The molecule has 0 fully saturated rings. The number of ether oxygens (including phenoxy) is 2. The highest BCUT2D eigenvalue weighted by Gasteiger charge is 2.23. The minimum atomic E-state index is -0.936. The van der Waals surface area contributed by atoms with Gasteiger partial charge in [0.2, 0.25) is 5.75 Å². The molecular formula is C16H11NO5. The first-order valence-electron chi connectivity index (χ1n) is 6.53. The standard InChI is InChI=1S/C16H11NO5/c18-15-8-9-16(22-15)21-14-7-6-12(10-13(14)17(19)20)11-4-2-1-3-5-11/h1-10,16H. The summed E-state index contributed by atoms with van der Waals surface area (Å²) in [5, 5.41) is 11.2. The van der Waals surface area contributed by atoms with Crippen LogP contribution in [0.4, 0.5) is 5.69 Å². The molecule has 1 unspecified atom stereocenters. The summed E-state index contributed by atoms with van der Waals surface area (Å²) in [6, 6.07) is 14.0. The molecule has 0 radical (unpaired) electrons. The van der Waals surface area contributed by atoms with E-state index in [0.29, 0.717) is 5.56 Å². The number of hydrogen-bond donors (Lipinski definition) is 0. The average Bonchev–Trinajstić information content (AvgIpc) is 2.93. The molecule has 2 aromatic carbocycles. The fourth-order valence-corrected chi connectivity index (χ4v) is 2.11. The Hall–Kier alpha value is -3.15. The normalized spacial score (nSPS) is 16.4. The number of hydrogen-bond acceptors (Lipinski definition) is 5. The molecule has 0 aliphatic carbocycles. The number of benzene rings is 2. The summed E-state index contributed by atoms with van der Waals surface area (Å²) in [4.78, 5) is 21.7. The average molecular weight is 297 g/mol. The van der Waals surface area contributed by atoms with Crippen LogP contribution in [0.25, 0.3) is 11.1 Å². The van der Waals surface area contributed by atoms with Gasteiger partial charge < -0.3 is 9.47 Å². The van der Waals surface area contributed by atoms with Crippen molar-refractivity contribution >= 4 is 11.7 Å². The minimum Gasteiger partial charge on any atom is -0.444 e. The fraction of sp³-hybridized carbons (Fsp3) is 0.0625. The van der Waals surface area contributed by atoms with Gasteiger partial charge in [-0.15, -0.1) is 0 Å². The van der Waals surface area contributed by atoms with Crippen molar-refractivity contribution in [2.75, 3.05) is 0 Å². The number of cyclic esters (lactones) is 1. The van der Waals surface area contributed by atoms with Crippen LogP contribution in [0.15, 0.2) is 60.7 Å². The third kappa shape index (κ3) is 2.80. The second-order valence-corrected chi connectivity index (χ2v) is 4.59. The van der Waals surface area contributed by atoms with E-state index in [1.807, 2.05) is 30.3 Å². The Kier molecular flexibility index (Phi) is 3.57. The van der Waals surface area contributed by atoms with E-state index in [1.165, 1.54) is 24.3 Å². The third-order valence-electron chi connectivity index (χ3n) is 3.13. The van der Waals surface area contributed by atoms with Gasteiger partial charge in [0.15, 0.2) is 0 Å². The van der Waals surface area contributed by atoms with Gasteiger partial charge in [0.1, 0.15) is 0 Å². The predicted molar refractivity (Wildman–Crippen MR) is 78.2 cm³/mol. The summed E-state index contributed by atoms with van der Waals surface area (Å²) in [6.07, 6.45) is 1.68. The quantitative estimate of drug-likeness (QED) is 0.492. The van der Waals surface area contributed by atoms with E-state index in [-0.39, 0.29) is 11.4 Å². The molecule has 110 valence electrons. The van der Waals surface area contributed by atoms with Gasteiger partial charge in [-0.05, 0) is 17.2 Å². The molecule has 0 bridgehead atoms. The first-order chi connectivity index (χ1) is 10.6. The first kappa shape index (κ1) is 13.8. The van der Waals surface area contributed by atoms with Crippen LogP contribution in [0.2, 0.25) is 0 Å². The van der Waals surface area contributed by atoms with Crippen molar-refractivity contribution in [2.24, 2.45) is 0 Å². The van der Waals surface area contributed by atoms with E-state index in [9.17, 15) is 14.9 Å². The molecule has 0 saturated heterocycles. The van der Waals surface area contributed by atoms with Crippen LogP contribution < -0.4 is 4.74 Å². The number of carbonyl (C=O) groups excluding carboxylic acids is 1. The monoisotopic (exact) mass is 297 g/mol. The van der Waals surface area contributed by atoms with Gasteiger partial charge in [-0.1, -0.05) is 36.4 Å². The van der Waals surface area contributed by atoms with Gasteiger partial charge in [-0.3, -0.25) is 10.1 Å². The SMILES string of the molecule is O=C1C=CC(Oc2ccc(-c3ccccc3)cc2[N+](=O)[O-])O1. The van der Waals surface area contributed by atoms with E-state index < -0.39 is 17.2 Å². The summed E-state index contributed by atoms with van der Waals surface area (Å²) in [7, 11) is 0. The largest absolute Gasteiger partial charge is 0.444 e. The van der Waals surface area contributed by atoms with E-state index in [1.54, 1.807) is 6.07 Å². The molecule has 0 aromatic heterocycles. The molecule has 1 heterocycles. The van der Waals surface area contributed by atoms with Gasteiger partial charge in [0, 0.05) is 18.2 Å². The molecule has 3 rings (SSSR count). The van der Waals surface area contributed by atoms with Gasteiger partial charge in [-0.2, -0.15) is 0 Å². The predicted octanol–water partition coefficient (Wildman–Crippen LogP) is 3.08. The van der Waals surface area contributed by atoms with Gasteiger partial charge in [0.05, 0.1) is 4.92 Å². The molecule has 6 heteroatoms. The lowest BCUT2D eigenvalue weighted by molar-refractivity contribution is -0.386. The molecule has 2 aromatic rings. The van der Waals surface area contributed by atoms with Crippen LogP contribution >= 0.6 is 0 Å². The maximum atomic E-state index is 11.2. The third-order valence-corrected chi connectivity index (χ3v) is 3.13. The molecule has 0 N–H and O–H groups in total. The Morgan fingerprint density at radius 3 is 2.50 bits per heavy atom. The van der Waals surface area contributed by atoms with Gasteiger partial charge >= 0.3 is 11.7 Å². The number of nitrogens with zero attached hydrogens (tertiary/aromatic N) is 1. The maximum Gasteiger partial charge on any atom is 0.334 e.